The van der Waals surface area contributed by atoms with Gasteiger partial charge in [0.25, 0.3) is 0 Å². The second-order valence-corrected chi connectivity index (χ2v) is 12.3. The van der Waals surface area contributed by atoms with Gasteiger partial charge in [0.05, 0.1) is 42.3 Å². The second-order valence-electron chi connectivity index (χ2n) is 12.3. The SMILES string of the molecule is CC1(C)C(=O)C2C[C@@]34O[C@]2(O)[C@]2(COC(=O)C[C@@H]12)[C@H]3CC[C@]1(C)[C@H]4CC(=O)O[C@H]1c1ccoc1. The van der Waals surface area contributed by atoms with Crippen molar-refractivity contribution in [1.29, 1.82) is 0 Å². The highest BCUT2D eigenvalue weighted by molar-refractivity contribution is 5.91. The molecule has 8 heteroatoms. The maximum absolute atomic E-state index is 13.8. The van der Waals surface area contributed by atoms with Crippen molar-refractivity contribution in [2.24, 2.45) is 39.9 Å². The van der Waals surface area contributed by atoms with Crippen molar-refractivity contribution in [1.82, 2.24) is 0 Å². The topological polar surface area (TPSA) is 112 Å². The minimum absolute atomic E-state index is 0.0473. The molecular formula is C26H30O8. The van der Waals surface area contributed by atoms with Gasteiger partial charge in [-0.1, -0.05) is 20.8 Å². The molecule has 1 unspecified atom stereocenters. The molecule has 1 N–H and O–H groups in total. The van der Waals surface area contributed by atoms with E-state index in [4.69, 9.17) is 18.6 Å². The molecule has 4 aliphatic heterocycles. The van der Waals surface area contributed by atoms with Gasteiger partial charge < -0.3 is 23.7 Å². The average molecular weight is 471 g/mol. The van der Waals surface area contributed by atoms with Crippen molar-refractivity contribution < 1.29 is 38.1 Å². The molecule has 5 heterocycles. The van der Waals surface area contributed by atoms with Crippen LogP contribution in [0.3, 0.4) is 0 Å². The first-order valence-electron chi connectivity index (χ1n) is 12.3. The monoisotopic (exact) mass is 470 g/mol. The molecule has 1 aromatic rings. The van der Waals surface area contributed by atoms with E-state index in [2.05, 4.69) is 6.92 Å². The molecule has 1 aromatic heterocycles. The predicted molar refractivity (Wildman–Crippen MR) is 114 cm³/mol. The summed E-state index contributed by atoms with van der Waals surface area (Å²) in [6, 6.07) is 1.83. The lowest BCUT2D eigenvalue weighted by molar-refractivity contribution is -0.301. The molecule has 2 bridgehead atoms. The van der Waals surface area contributed by atoms with Gasteiger partial charge in [-0.15, -0.1) is 0 Å². The van der Waals surface area contributed by atoms with E-state index in [1.54, 1.807) is 12.5 Å². The van der Waals surface area contributed by atoms with E-state index in [0.29, 0.717) is 6.42 Å². The molecule has 7 rings (SSSR count). The number of ketones is 1. The van der Waals surface area contributed by atoms with E-state index in [-0.39, 0.29) is 54.9 Å². The summed E-state index contributed by atoms with van der Waals surface area (Å²) in [5.74, 6) is -3.87. The average Bonchev–Trinajstić information content (AvgIpc) is 3.46. The summed E-state index contributed by atoms with van der Waals surface area (Å²) in [5, 5.41) is 12.2. The van der Waals surface area contributed by atoms with E-state index in [1.807, 2.05) is 19.9 Å². The van der Waals surface area contributed by atoms with Crippen LogP contribution in [0.4, 0.5) is 0 Å². The van der Waals surface area contributed by atoms with Crippen molar-refractivity contribution >= 4 is 17.7 Å². The molecule has 0 radical (unpaired) electrons. The minimum atomic E-state index is -1.70. The van der Waals surface area contributed by atoms with E-state index < -0.39 is 39.7 Å². The number of esters is 2. The first-order valence-corrected chi connectivity index (χ1v) is 12.3. The van der Waals surface area contributed by atoms with Crippen LogP contribution in [0.15, 0.2) is 23.0 Å². The molecule has 0 aromatic carbocycles. The van der Waals surface area contributed by atoms with E-state index in [9.17, 15) is 19.5 Å². The highest BCUT2D eigenvalue weighted by Gasteiger charge is 2.89. The molecule has 4 saturated heterocycles. The van der Waals surface area contributed by atoms with Crippen LogP contribution in [0.25, 0.3) is 0 Å². The smallest absolute Gasteiger partial charge is 0.306 e. The van der Waals surface area contributed by atoms with Crippen molar-refractivity contribution in [2.45, 2.75) is 70.4 Å². The van der Waals surface area contributed by atoms with Crippen LogP contribution in [0, 0.1) is 39.9 Å². The predicted octanol–water partition coefficient (Wildman–Crippen LogP) is 2.94. The Bertz CT molecular complexity index is 1120. The van der Waals surface area contributed by atoms with Gasteiger partial charge in [-0.05, 0) is 31.2 Å². The zero-order valence-electron chi connectivity index (χ0n) is 19.7. The fourth-order valence-electron chi connectivity index (χ4n) is 9.59. The lowest BCUT2D eigenvalue weighted by atomic mass is 9.36. The minimum Gasteiger partial charge on any atom is -0.472 e. The zero-order chi connectivity index (χ0) is 23.9. The highest BCUT2D eigenvalue weighted by atomic mass is 16.7. The Morgan fingerprint density at radius 1 is 1.03 bits per heavy atom. The maximum atomic E-state index is 13.8. The van der Waals surface area contributed by atoms with E-state index in [1.165, 1.54) is 0 Å². The molecule has 2 spiro atoms. The number of hydrogen-bond donors (Lipinski definition) is 1. The number of cyclic esters (lactones) is 2. The van der Waals surface area contributed by atoms with Crippen LogP contribution in [0.2, 0.25) is 0 Å². The Morgan fingerprint density at radius 3 is 2.53 bits per heavy atom. The molecule has 2 saturated carbocycles. The standard InChI is InChI=1S/C26H30O8/c1-22(2)16-8-18(27)32-12-24(16)15-4-6-23(3)17(9-19(28)33-21(23)13-5-7-31-11-13)25(15)10-14(20(22)29)26(24,30)34-25/h5,7,11,14-17,21,30H,4,6,8-10,12H2,1-3H3/t14?,15-,16+,17-,21+,23-,24-,25-,26+/m1/s1. The number of carbonyl (C=O) groups excluding carboxylic acids is 3. The molecule has 0 amide bonds. The summed E-state index contributed by atoms with van der Waals surface area (Å²) < 4.78 is 23.6. The first kappa shape index (κ1) is 21.1. The Balaban J connectivity index is 1.41. The summed E-state index contributed by atoms with van der Waals surface area (Å²) in [5.41, 5.74) is -2.14. The third kappa shape index (κ3) is 2.02. The van der Waals surface area contributed by atoms with Crippen LogP contribution in [-0.2, 0) is 28.6 Å². The van der Waals surface area contributed by atoms with Gasteiger partial charge in [0.1, 0.15) is 18.5 Å². The van der Waals surface area contributed by atoms with Gasteiger partial charge in [0.15, 0.2) is 5.79 Å². The number of fused-ring (bicyclic) bond motifs is 1. The Hall–Kier alpha value is -2.19. The number of aliphatic hydroxyl groups is 1. The molecule has 8 nitrogen and oxygen atoms in total. The van der Waals surface area contributed by atoms with Gasteiger partial charge in [-0.25, -0.2) is 0 Å². The first-order chi connectivity index (χ1) is 16.0. The summed E-state index contributed by atoms with van der Waals surface area (Å²) in [6.07, 6.45) is 4.82. The number of carbonyl (C=O) groups is 3. The molecule has 182 valence electrons. The molecule has 9 atom stereocenters. The van der Waals surface area contributed by atoms with E-state index >= 15 is 0 Å². The van der Waals surface area contributed by atoms with Gasteiger partial charge in [0.2, 0.25) is 0 Å². The number of rotatable bonds is 1. The van der Waals surface area contributed by atoms with Crippen LogP contribution in [0.5, 0.6) is 0 Å². The van der Waals surface area contributed by atoms with Crippen LogP contribution in [0.1, 0.15) is 64.5 Å². The lowest BCUT2D eigenvalue weighted by Crippen LogP contribution is -2.74. The third-order valence-corrected chi connectivity index (χ3v) is 10.9. The molecule has 6 aliphatic rings. The largest absolute Gasteiger partial charge is 0.472 e. The number of Topliss-reactive ketones (excluding diaryl/α,β-unsaturated/α-hetero) is 1. The van der Waals surface area contributed by atoms with Crippen molar-refractivity contribution in [3.63, 3.8) is 0 Å². The normalized spacial score (nSPS) is 52.4. The van der Waals surface area contributed by atoms with Crippen LogP contribution in [-0.4, -0.2) is 40.8 Å². The van der Waals surface area contributed by atoms with E-state index in [0.717, 1.165) is 18.4 Å². The van der Waals surface area contributed by atoms with Crippen LogP contribution < -0.4 is 0 Å². The number of ether oxygens (including phenoxy) is 3. The van der Waals surface area contributed by atoms with Crippen molar-refractivity contribution in [2.75, 3.05) is 6.61 Å². The number of hydrogen-bond acceptors (Lipinski definition) is 8. The lowest BCUT2D eigenvalue weighted by Gasteiger charge is -2.66. The van der Waals surface area contributed by atoms with Gasteiger partial charge in [-0.3, -0.25) is 14.4 Å². The maximum Gasteiger partial charge on any atom is 0.306 e. The zero-order valence-corrected chi connectivity index (χ0v) is 19.7. The quantitative estimate of drug-likeness (QED) is 0.624. The van der Waals surface area contributed by atoms with Gasteiger partial charge in [-0.2, -0.15) is 0 Å². The van der Waals surface area contributed by atoms with Crippen LogP contribution >= 0.6 is 0 Å². The summed E-state index contributed by atoms with van der Waals surface area (Å²) in [7, 11) is 0. The number of furan rings is 1. The Kier molecular flexibility index (Phi) is 3.70. The van der Waals surface area contributed by atoms with Gasteiger partial charge >= 0.3 is 11.9 Å². The Morgan fingerprint density at radius 2 is 1.79 bits per heavy atom. The van der Waals surface area contributed by atoms with Crippen molar-refractivity contribution in [3.05, 3.63) is 24.2 Å². The highest BCUT2D eigenvalue weighted by Crippen LogP contribution is 2.80. The molecule has 6 fully saturated rings. The molecular weight excluding hydrogens is 440 g/mol. The van der Waals surface area contributed by atoms with Crippen molar-refractivity contribution in [3.8, 4) is 0 Å². The summed E-state index contributed by atoms with van der Waals surface area (Å²) in [4.78, 5) is 39.1. The summed E-state index contributed by atoms with van der Waals surface area (Å²) in [6.45, 7) is 5.98. The fraction of sp³-hybridized carbons (Fsp3) is 0.731. The second kappa shape index (κ2) is 5.95. The molecule has 2 aliphatic carbocycles. The fourth-order valence-corrected chi connectivity index (χ4v) is 9.59. The Labute approximate surface area is 197 Å². The van der Waals surface area contributed by atoms with Gasteiger partial charge in [0, 0.05) is 28.2 Å². The summed E-state index contributed by atoms with van der Waals surface area (Å²) >= 11 is 0. The molecule has 34 heavy (non-hydrogen) atoms. The third-order valence-electron chi connectivity index (χ3n) is 10.9.